The van der Waals surface area contributed by atoms with Crippen LogP contribution in [0.25, 0.3) is 0 Å². The zero-order valence-corrected chi connectivity index (χ0v) is 9.87. The van der Waals surface area contributed by atoms with Gasteiger partial charge in [0.2, 0.25) is 0 Å². The normalized spacial score (nSPS) is 20.7. The summed E-state index contributed by atoms with van der Waals surface area (Å²) in [5.41, 5.74) is 6.25. The van der Waals surface area contributed by atoms with Gasteiger partial charge in [0.25, 0.3) is 0 Å². The highest BCUT2D eigenvalue weighted by molar-refractivity contribution is 6.32. The van der Waals surface area contributed by atoms with Crippen LogP contribution in [0.3, 0.4) is 0 Å². The molecule has 1 aromatic carbocycles. The first-order valence-corrected chi connectivity index (χ1v) is 5.93. The lowest BCUT2D eigenvalue weighted by molar-refractivity contribution is -0.0110. The zero-order chi connectivity index (χ0) is 11.4. The van der Waals surface area contributed by atoms with Crippen molar-refractivity contribution < 1.29 is 9.47 Å². The molecule has 88 valence electrons. The smallest absolute Gasteiger partial charge is 0.138 e. The number of ether oxygens (including phenoxy) is 2. The molecule has 1 aromatic rings. The summed E-state index contributed by atoms with van der Waals surface area (Å²) < 4.78 is 11.2. The van der Waals surface area contributed by atoms with Crippen LogP contribution in [0.4, 0.5) is 5.69 Å². The molecule has 0 aromatic heterocycles. The summed E-state index contributed by atoms with van der Waals surface area (Å²) in [7, 11) is 0. The maximum atomic E-state index is 6.00. The van der Waals surface area contributed by atoms with E-state index in [-0.39, 0.29) is 6.10 Å². The third kappa shape index (κ3) is 3.03. The minimum Gasteiger partial charge on any atom is -0.489 e. The van der Waals surface area contributed by atoms with Crippen LogP contribution >= 0.6 is 11.6 Å². The molecule has 2 N–H and O–H groups in total. The fraction of sp³-hybridized carbons (Fsp3) is 0.500. The second kappa shape index (κ2) is 5.41. The van der Waals surface area contributed by atoms with E-state index in [9.17, 15) is 0 Å². The molecule has 1 fully saturated rings. The van der Waals surface area contributed by atoms with Crippen molar-refractivity contribution in [2.75, 3.05) is 18.9 Å². The first-order valence-electron chi connectivity index (χ1n) is 5.55. The summed E-state index contributed by atoms with van der Waals surface area (Å²) in [6.45, 7) is 1.40. The Morgan fingerprint density at radius 2 is 2.31 bits per heavy atom. The van der Waals surface area contributed by atoms with Crippen LogP contribution in [0, 0.1) is 0 Å². The van der Waals surface area contributed by atoms with Gasteiger partial charge in [-0.15, -0.1) is 0 Å². The molecule has 0 spiro atoms. The number of benzene rings is 1. The quantitative estimate of drug-likeness (QED) is 0.828. The Morgan fingerprint density at radius 1 is 1.44 bits per heavy atom. The fourth-order valence-corrected chi connectivity index (χ4v) is 2.00. The van der Waals surface area contributed by atoms with E-state index < -0.39 is 0 Å². The van der Waals surface area contributed by atoms with Gasteiger partial charge in [-0.2, -0.15) is 0 Å². The van der Waals surface area contributed by atoms with E-state index in [0.29, 0.717) is 23.1 Å². The minimum absolute atomic E-state index is 0.197. The van der Waals surface area contributed by atoms with Crippen LogP contribution < -0.4 is 10.5 Å². The van der Waals surface area contributed by atoms with E-state index in [1.165, 1.54) is 6.42 Å². The molecule has 0 saturated carbocycles. The first-order chi connectivity index (χ1) is 7.75. The SMILES string of the molecule is Nc1ccc(OCC2CCCCO2)c(Cl)c1. The lowest BCUT2D eigenvalue weighted by Gasteiger charge is -2.22. The standard InChI is InChI=1S/C12H16ClNO2/c13-11-7-9(14)4-5-12(11)16-8-10-3-1-2-6-15-10/h4-5,7,10H,1-3,6,8,14H2. The van der Waals surface area contributed by atoms with Crippen molar-refractivity contribution in [2.45, 2.75) is 25.4 Å². The largest absolute Gasteiger partial charge is 0.489 e. The highest BCUT2D eigenvalue weighted by atomic mass is 35.5. The van der Waals surface area contributed by atoms with Crippen LogP contribution in [-0.4, -0.2) is 19.3 Å². The van der Waals surface area contributed by atoms with Crippen molar-refractivity contribution in [3.05, 3.63) is 23.2 Å². The Bertz CT molecular complexity index is 351. The molecule has 4 heteroatoms. The molecular weight excluding hydrogens is 226 g/mol. The number of nitrogens with two attached hydrogens (primary N) is 1. The Hall–Kier alpha value is -0.930. The second-order valence-corrected chi connectivity index (χ2v) is 4.40. The third-order valence-electron chi connectivity index (χ3n) is 2.65. The molecule has 0 radical (unpaired) electrons. The van der Waals surface area contributed by atoms with Crippen molar-refractivity contribution in [1.29, 1.82) is 0 Å². The number of rotatable bonds is 3. The maximum absolute atomic E-state index is 6.00. The molecule has 1 saturated heterocycles. The van der Waals surface area contributed by atoms with Gasteiger partial charge in [-0.1, -0.05) is 11.6 Å². The molecule has 0 bridgehead atoms. The topological polar surface area (TPSA) is 44.5 Å². The number of anilines is 1. The fourth-order valence-electron chi connectivity index (χ4n) is 1.76. The first kappa shape index (κ1) is 11.6. The average Bonchev–Trinajstić information content (AvgIpc) is 2.29. The van der Waals surface area contributed by atoms with Crippen LogP contribution in [-0.2, 0) is 4.74 Å². The summed E-state index contributed by atoms with van der Waals surface area (Å²) in [4.78, 5) is 0. The Morgan fingerprint density at radius 3 is 3.00 bits per heavy atom. The van der Waals surface area contributed by atoms with E-state index in [4.69, 9.17) is 26.8 Å². The molecule has 1 aliphatic heterocycles. The second-order valence-electron chi connectivity index (χ2n) is 3.99. The van der Waals surface area contributed by atoms with Crippen LogP contribution in [0.2, 0.25) is 5.02 Å². The average molecular weight is 242 g/mol. The lowest BCUT2D eigenvalue weighted by atomic mass is 10.1. The molecule has 0 amide bonds. The van der Waals surface area contributed by atoms with Crippen molar-refractivity contribution in [1.82, 2.24) is 0 Å². The van der Waals surface area contributed by atoms with E-state index in [0.717, 1.165) is 19.4 Å². The Kier molecular flexibility index (Phi) is 3.91. The molecule has 1 heterocycles. The monoisotopic (exact) mass is 241 g/mol. The van der Waals surface area contributed by atoms with Gasteiger partial charge in [-0.3, -0.25) is 0 Å². The van der Waals surface area contributed by atoms with Crippen LogP contribution in [0.1, 0.15) is 19.3 Å². The van der Waals surface area contributed by atoms with E-state index in [2.05, 4.69) is 0 Å². The van der Waals surface area contributed by atoms with Crippen molar-refractivity contribution in [2.24, 2.45) is 0 Å². The molecule has 1 atom stereocenters. The highest BCUT2D eigenvalue weighted by Gasteiger charge is 2.14. The van der Waals surface area contributed by atoms with E-state index >= 15 is 0 Å². The number of halogens is 1. The van der Waals surface area contributed by atoms with Crippen LogP contribution in [0.15, 0.2) is 18.2 Å². The molecule has 1 aliphatic rings. The Labute approximate surface area is 100 Å². The third-order valence-corrected chi connectivity index (χ3v) is 2.95. The summed E-state index contributed by atoms with van der Waals surface area (Å²) >= 11 is 6.00. The lowest BCUT2D eigenvalue weighted by Crippen LogP contribution is -2.25. The van der Waals surface area contributed by atoms with Gasteiger partial charge >= 0.3 is 0 Å². The summed E-state index contributed by atoms with van der Waals surface area (Å²) in [6.07, 6.45) is 3.62. The van der Waals surface area contributed by atoms with Crippen LogP contribution in [0.5, 0.6) is 5.75 Å². The van der Waals surface area contributed by atoms with E-state index in [1.54, 1.807) is 18.2 Å². The van der Waals surface area contributed by atoms with Crippen molar-refractivity contribution >= 4 is 17.3 Å². The van der Waals surface area contributed by atoms with Crippen molar-refractivity contribution in [3.63, 3.8) is 0 Å². The summed E-state index contributed by atoms with van der Waals surface area (Å²) in [6, 6.07) is 5.27. The number of hydrogen-bond acceptors (Lipinski definition) is 3. The molecular formula is C12H16ClNO2. The molecule has 1 unspecified atom stereocenters. The van der Waals surface area contributed by atoms with Gasteiger partial charge in [-0.05, 0) is 37.5 Å². The predicted octanol–water partition coefficient (Wildman–Crippen LogP) is 2.87. The van der Waals surface area contributed by atoms with Gasteiger partial charge in [0, 0.05) is 12.3 Å². The van der Waals surface area contributed by atoms with Crippen molar-refractivity contribution in [3.8, 4) is 5.75 Å². The summed E-state index contributed by atoms with van der Waals surface area (Å²) in [5.74, 6) is 0.671. The van der Waals surface area contributed by atoms with E-state index in [1.807, 2.05) is 0 Å². The van der Waals surface area contributed by atoms with Gasteiger partial charge in [0.05, 0.1) is 11.1 Å². The van der Waals surface area contributed by atoms with Gasteiger partial charge in [-0.25, -0.2) is 0 Å². The van der Waals surface area contributed by atoms with Gasteiger partial charge < -0.3 is 15.2 Å². The maximum Gasteiger partial charge on any atom is 0.138 e. The molecule has 2 rings (SSSR count). The summed E-state index contributed by atoms with van der Waals surface area (Å²) in [5, 5.41) is 0.552. The Balaban J connectivity index is 1.88. The highest BCUT2D eigenvalue weighted by Crippen LogP contribution is 2.27. The molecule has 16 heavy (non-hydrogen) atoms. The minimum atomic E-state index is 0.197. The number of hydrogen-bond donors (Lipinski definition) is 1. The predicted molar refractivity (Wildman–Crippen MR) is 65.0 cm³/mol. The van der Waals surface area contributed by atoms with Gasteiger partial charge in [0.1, 0.15) is 12.4 Å². The molecule has 3 nitrogen and oxygen atoms in total. The molecule has 0 aliphatic carbocycles. The zero-order valence-electron chi connectivity index (χ0n) is 9.12. The number of nitrogen functional groups attached to an aromatic ring is 1. The van der Waals surface area contributed by atoms with Gasteiger partial charge in [0.15, 0.2) is 0 Å².